The number of hydrogen-bond acceptors (Lipinski definition) is 7. The Bertz CT molecular complexity index is 905. The normalized spacial score (nSPS) is 12.0. The SMILES string of the molecule is CCCCCCCCCCCCCCCCCCCCOC(=O)c1ccccc1C(=O)OC(CC)S(=O)(=O)[O-].[K+]. The Labute approximate surface area is 286 Å². The molecule has 0 aliphatic heterocycles. The second-order valence-electron chi connectivity index (χ2n) is 10.4. The van der Waals surface area contributed by atoms with Gasteiger partial charge in [0.05, 0.1) is 17.7 Å². The van der Waals surface area contributed by atoms with E-state index < -0.39 is 27.5 Å². The molecule has 0 radical (unpaired) electrons. The summed E-state index contributed by atoms with van der Waals surface area (Å²) in [7, 11) is -4.80. The molecular formula is C31H51KO7S. The molecule has 0 amide bonds. The largest absolute Gasteiger partial charge is 1.00 e. The summed E-state index contributed by atoms with van der Waals surface area (Å²) in [6.07, 6.45) is 22.8. The average Bonchev–Trinajstić information content (AvgIpc) is 2.92. The fourth-order valence-electron chi connectivity index (χ4n) is 4.61. The molecule has 0 saturated carbocycles. The summed E-state index contributed by atoms with van der Waals surface area (Å²) in [5, 5.41) is 0. The third kappa shape index (κ3) is 19.0. The van der Waals surface area contributed by atoms with Crippen molar-refractivity contribution in [1.82, 2.24) is 0 Å². The second-order valence-corrected chi connectivity index (χ2v) is 11.9. The number of hydrogen-bond donors (Lipinski definition) is 0. The molecule has 7 nitrogen and oxygen atoms in total. The predicted molar refractivity (Wildman–Crippen MR) is 155 cm³/mol. The van der Waals surface area contributed by atoms with Gasteiger partial charge in [-0.1, -0.05) is 135 Å². The zero-order valence-electron chi connectivity index (χ0n) is 25.3. The topological polar surface area (TPSA) is 110 Å². The molecule has 1 atom stereocenters. The van der Waals surface area contributed by atoms with E-state index in [-0.39, 0.29) is 75.5 Å². The number of carbonyl (C=O) groups is 2. The molecule has 0 fully saturated rings. The van der Waals surface area contributed by atoms with E-state index in [4.69, 9.17) is 9.47 Å². The molecule has 0 saturated heterocycles. The van der Waals surface area contributed by atoms with Crippen LogP contribution in [0.3, 0.4) is 0 Å². The number of rotatable bonds is 24. The number of benzene rings is 1. The number of esters is 2. The minimum absolute atomic E-state index is 0. The minimum Gasteiger partial charge on any atom is -0.745 e. The van der Waals surface area contributed by atoms with E-state index >= 15 is 0 Å². The Morgan fingerprint density at radius 1 is 0.675 bits per heavy atom. The fourth-order valence-corrected chi connectivity index (χ4v) is 5.23. The van der Waals surface area contributed by atoms with Gasteiger partial charge in [-0.2, -0.15) is 0 Å². The first-order valence-corrected chi connectivity index (χ1v) is 16.7. The minimum atomic E-state index is -4.80. The van der Waals surface area contributed by atoms with E-state index in [0.29, 0.717) is 0 Å². The Hall–Kier alpha value is -0.294. The van der Waals surface area contributed by atoms with Crippen LogP contribution in [0.15, 0.2) is 24.3 Å². The molecule has 224 valence electrons. The molecule has 0 bridgehead atoms. The monoisotopic (exact) mass is 606 g/mol. The molecular weight excluding hydrogens is 555 g/mol. The molecule has 1 rings (SSSR count). The number of carbonyl (C=O) groups excluding carboxylic acids is 2. The van der Waals surface area contributed by atoms with Crippen molar-refractivity contribution >= 4 is 22.1 Å². The Kier molecular flexibility index (Phi) is 25.0. The molecule has 0 N–H and O–H groups in total. The zero-order valence-corrected chi connectivity index (χ0v) is 29.2. The maximum absolute atomic E-state index is 12.5. The summed E-state index contributed by atoms with van der Waals surface area (Å²) in [4.78, 5) is 24.9. The van der Waals surface area contributed by atoms with Crippen LogP contribution >= 0.6 is 0 Å². The summed E-state index contributed by atoms with van der Waals surface area (Å²) in [6.45, 7) is 3.93. The molecule has 1 unspecified atom stereocenters. The van der Waals surface area contributed by atoms with Gasteiger partial charge in [0.2, 0.25) is 0 Å². The van der Waals surface area contributed by atoms with Crippen molar-refractivity contribution in [3.05, 3.63) is 35.4 Å². The van der Waals surface area contributed by atoms with Crippen molar-refractivity contribution in [2.24, 2.45) is 0 Å². The van der Waals surface area contributed by atoms with E-state index in [1.165, 1.54) is 121 Å². The Balaban J connectivity index is 0.0000152. The second kappa shape index (κ2) is 25.2. The van der Waals surface area contributed by atoms with E-state index in [0.717, 1.165) is 19.3 Å². The van der Waals surface area contributed by atoms with Gasteiger partial charge in [-0.3, -0.25) is 0 Å². The van der Waals surface area contributed by atoms with Gasteiger partial charge in [-0.25, -0.2) is 18.0 Å². The van der Waals surface area contributed by atoms with Gasteiger partial charge in [0, 0.05) is 0 Å². The third-order valence-corrected chi connectivity index (χ3v) is 8.07. The molecule has 1 aromatic carbocycles. The molecule has 1 aromatic rings. The van der Waals surface area contributed by atoms with Crippen LogP contribution in [-0.4, -0.2) is 37.0 Å². The van der Waals surface area contributed by atoms with Crippen LogP contribution in [0.2, 0.25) is 0 Å². The van der Waals surface area contributed by atoms with Crippen LogP contribution in [0.25, 0.3) is 0 Å². The van der Waals surface area contributed by atoms with Gasteiger partial charge in [0.15, 0.2) is 5.44 Å². The van der Waals surface area contributed by atoms with Gasteiger partial charge in [-0.15, -0.1) is 0 Å². The molecule has 40 heavy (non-hydrogen) atoms. The molecule has 9 heteroatoms. The summed E-state index contributed by atoms with van der Waals surface area (Å²) in [6, 6.07) is 5.86. The van der Waals surface area contributed by atoms with Gasteiger partial charge >= 0.3 is 63.3 Å². The van der Waals surface area contributed by atoms with E-state index in [9.17, 15) is 22.6 Å². The maximum atomic E-state index is 12.5. The predicted octanol–water partition coefficient (Wildman–Crippen LogP) is 5.33. The van der Waals surface area contributed by atoms with Crippen LogP contribution in [0.5, 0.6) is 0 Å². The first-order valence-electron chi connectivity index (χ1n) is 15.2. The van der Waals surface area contributed by atoms with Crippen molar-refractivity contribution in [3.63, 3.8) is 0 Å². The first-order chi connectivity index (χ1) is 18.8. The molecule has 0 aliphatic carbocycles. The molecule has 0 heterocycles. The standard InChI is InChI=1S/C31H52O7S.K/c1-3-5-6-7-8-9-10-11-12-13-14-15-16-17-18-19-20-23-26-37-30(32)27-24-21-22-25-28(27)31(33)38-29(4-2)39(34,35)36;/h21-22,24-25,29H,3-20,23,26H2,1-2H3,(H,34,35,36);/q;+1/p-1. The zero-order chi connectivity index (χ0) is 28.8. The van der Waals surface area contributed by atoms with Gasteiger partial charge in [-0.05, 0) is 25.0 Å². The Morgan fingerprint density at radius 2 is 1.05 bits per heavy atom. The van der Waals surface area contributed by atoms with Crippen LogP contribution in [0.4, 0.5) is 0 Å². The van der Waals surface area contributed by atoms with Gasteiger partial charge < -0.3 is 14.0 Å². The summed E-state index contributed by atoms with van der Waals surface area (Å²) >= 11 is 0. The van der Waals surface area contributed by atoms with Crippen molar-refractivity contribution in [3.8, 4) is 0 Å². The van der Waals surface area contributed by atoms with E-state index in [1.54, 1.807) is 6.07 Å². The van der Waals surface area contributed by atoms with Crippen LogP contribution in [0, 0.1) is 0 Å². The molecule has 0 aliphatic rings. The van der Waals surface area contributed by atoms with E-state index in [2.05, 4.69) is 6.92 Å². The number of ether oxygens (including phenoxy) is 2. The Morgan fingerprint density at radius 3 is 1.43 bits per heavy atom. The summed E-state index contributed by atoms with van der Waals surface area (Å²) in [5.74, 6) is -1.71. The fraction of sp³-hybridized carbons (Fsp3) is 0.742. The summed E-state index contributed by atoms with van der Waals surface area (Å²) < 4.78 is 43.8. The number of unbranched alkanes of at least 4 members (excludes halogenated alkanes) is 17. The first kappa shape index (κ1) is 39.7. The third-order valence-electron chi connectivity index (χ3n) is 6.99. The molecule has 0 aromatic heterocycles. The summed E-state index contributed by atoms with van der Waals surface area (Å²) in [5.41, 5.74) is -1.93. The quantitative estimate of drug-likeness (QED) is 0.0677. The maximum Gasteiger partial charge on any atom is 1.00 e. The van der Waals surface area contributed by atoms with Crippen molar-refractivity contribution in [2.75, 3.05) is 6.61 Å². The van der Waals surface area contributed by atoms with Gasteiger partial charge in [0.25, 0.3) is 0 Å². The average molecular weight is 607 g/mol. The van der Waals surface area contributed by atoms with Gasteiger partial charge in [0.1, 0.15) is 10.1 Å². The smallest absolute Gasteiger partial charge is 0.745 e. The van der Waals surface area contributed by atoms with Crippen molar-refractivity contribution in [2.45, 2.75) is 141 Å². The van der Waals surface area contributed by atoms with Crippen LogP contribution in [0.1, 0.15) is 157 Å². The molecule has 0 spiro atoms. The van der Waals surface area contributed by atoms with Crippen molar-refractivity contribution < 1.29 is 83.4 Å². The van der Waals surface area contributed by atoms with Crippen LogP contribution < -0.4 is 51.4 Å². The van der Waals surface area contributed by atoms with Crippen molar-refractivity contribution in [1.29, 1.82) is 0 Å². The van der Waals surface area contributed by atoms with Crippen LogP contribution in [-0.2, 0) is 19.6 Å². The van der Waals surface area contributed by atoms with E-state index in [1.807, 2.05) is 0 Å².